The Balaban J connectivity index is 2.33. The molecule has 0 bridgehead atoms. The number of rotatable bonds is 6. The number of ether oxygens (including phenoxy) is 1. The Kier molecular flexibility index (Phi) is 5.70. The first kappa shape index (κ1) is 13.7. The molecule has 94 valence electrons. The van der Waals surface area contributed by atoms with Crippen molar-refractivity contribution in [1.82, 2.24) is 5.32 Å². The van der Waals surface area contributed by atoms with Gasteiger partial charge < -0.3 is 10.1 Å². The Labute approximate surface area is 103 Å². The summed E-state index contributed by atoms with van der Waals surface area (Å²) in [6.07, 6.45) is 1.28. The minimum absolute atomic E-state index is 0.143. The monoisotopic (exact) mass is 235 g/mol. The van der Waals surface area contributed by atoms with Crippen LogP contribution in [0.5, 0.6) is 0 Å². The Hall–Kier alpha value is -1.35. The van der Waals surface area contributed by atoms with Crippen molar-refractivity contribution in [2.45, 2.75) is 32.7 Å². The summed E-state index contributed by atoms with van der Waals surface area (Å²) >= 11 is 0. The fourth-order valence-electron chi connectivity index (χ4n) is 1.84. The third kappa shape index (κ3) is 4.57. The lowest BCUT2D eigenvalue weighted by Crippen LogP contribution is -2.21. The van der Waals surface area contributed by atoms with Crippen LogP contribution in [-0.2, 0) is 9.53 Å². The molecular formula is C14H21NO2. The van der Waals surface area contributed by atoms with Gasteiger partial charge >= 0.3 is 5.97 Å². The van der Waals surface area contributed by atoms with Crippen LogP contribution in [0.15, 0.2) is 24.3 Å². The normalized spacial score (nSPS) is 12.2. The summed E-state index contributed by atoms with van der Waals surface area (Å²) in [4.78, 5) is 10.9. The molecule has 1 rings (SSSR count). The highest BCUT2D eigenvalue weighted by molar-refractivity contribution is 5.69. The second-order valence-corrected chi connectivity index (χ2v) is 4.21. The minimum Gasteiger partial charge on any atom is -0.469 e. The topological polar surface area (TPSA) is 38.3 Å². The molecular weight excluding hydrogens is 214 g/mol. The molecule has 0 aliphatic carbocycles. The first-order valence-corrected chi connectivity index (χ1v) is 6.01. The molecule has 3 nitrogen and oxygen atoms in total. The number of esters is 1. The van der Waals surface area contributed by atoms with Gasteiger partial charge in [-0.05, 0) is 37.9 Å². The molecule has 1 aromatic rings. The van der Waals surface area contributed by atoms with E-state index in [2.05, 4.69) is 42.1 Å². The third-order valence-electron chi connectivity index (χ3n) is 2.89. The van der Waals surface area contributed by atoms with Crippen molar-refractivity contribution in [3.8, 4) is 0 Å². The van der Waals surface area contributed by atoms with Gasteiger partial charge in [-0.2, -0.15) is 0 Å². The summed E-state index contributed by atoms with van der Waals surface area (Å²) in [7, 11) is 1.42. The summed E-state index contributed by atoms with van der Waals surface area (Å²) in [5.74, 6) is -0.143. The third-order valence-corrected chi connectivity index (χ3v) is 2.89. The van der Waals surface area contributed by atoms with E-state index in [1.165, 1.54) is 18.2 Å². The molecule has 1 atom stereocenters. The number of carbonyl (C=O) groups is 1. The van der Waals surface area contributed by atoms with Gasteiger partial charge in [0.2, 0.25) is 0 Å². The van der Waals surface area contributed by atoms with E-state index in [0.717, 1.165) is 13.0 Å². The van der Waals surface area contributed by atoms with E-state index in [1.807, 2.05) is 6.07 Å². The molecule has 17 heavy (non-hydrogen) atoms. The van der Waals surface area contributed by atoms with Crippen molar-refractivity contribution in [2.24, 2.45) is 0 Å². The van der Waals surface area contributed by atoms with Gasteiger partial charge in [0.15, 0.2) is 0 Å². The molecule has 1 aromatic carbocycles. The van der Waals surface area contributed by atoms with Crippen LogP contribution in [0.1, 0.15) is 36.9 Å². The standard InChI is InChI=1S/C14H21NO2/c1-11-7-4-5-8-13(11)12(2)15-10-6-9-14(16)17-3/h4-5,7-8,12,15H,6,9-10H2,1-3H3/t12-/m0/s1. The van der Waals surface area contributed by atoms with Gasteiger partial charge in [-0.3, -0.25) is 4.79 Å². The molecule has 0 spiro atoms. The summed E-state index contributed by atoms with van der Waals surface area (Å²) in [6, 6.07) is 8.65. The Morgan fingerprint density at radius 1 is 1.41 bits per heavy atom. The first-order chi connectivity index (χ1) is 8.15. The SMILES string of the molecule is COC(=O)CCCN[C@@H](C)c1ccccc1C. The van der Waals surface area contributed by atoms with E-state index in [4.69, 9.17) is 0 Å². The molecule has 0 saturated heterocycles. The molecule has 0 aliphatic rings. The Morgan fingerprint density at radius 3 is 2.76 bits per heavy atom. The van der Waals surface area contributed by atoms with Crippen molar-refractivity contribution in [1.29, 1.82) is 0 Å². The molecule has 0 aliphatic heterocycles. The average Bonchev–Trinajstić information content (AvgIpc) is 2.34. The molecule has 1 N–H and O–H groups in total. The zero-order chi connectivity index (χ0) is 12.7. The van der Waals surface area contributed by atoms with Gasteiger partial charge in [0.25, 0.3) is 0 Å². The largest absolute Gasteiger partial charge is 0.469 e. The van der Waals surface area contributed by atoms with Crippen LogP contribution >= 0.6 is 0 Å². The summed E-state index contributed by atoms with van der Waals surface area (Å²) in [6.45, 7) is 5.08. The van der Waals surface area contributed by atoms with Crippen LogP contribution in [0.3, 0.4) is 0 Å². The van der Waals surface area contributed by atoms with Crippen LogP contribution in [0.4, 0.5) is 0 Å². The average molecular weight is 235 g/mol. The van der Waals surface area contributed by atoms with E-state index in [-0.39, 0.29) is 5.97 Å². The van der Waals surface area contributed by atoms with Crippen molar-refractivity contribution in [3.05, 3.63) is 35.4 Å². The second-order valence-electron chi connectivity index (χ2n) is 4.21. The predicted octanol–water partition coefficient (Wildman–Crippen LogP) is 2.60. The highest BCUT2D eigenvalue weighted by atomic mass is 16.5. The van der Waals surface area contributed by atoms with E-state index in [0.29, 0.717) is 12.5 Å². The summed E-state index contributed by atoms with van der Waals surface area (Å²) < 4.78 is 4.59. The molecule has 0 radical (unpaired) electrons. The van der Waals surface area contributed by atoms with E-state index in [1.54, 1.807) is 0 Å². The van der Waals surface area contributed by atoms with Gasteiger partial charge in [-0.25, -0.2) is 0 Å². The maximum atomic E-state index is 10.9. The lowest BCUT2D eigenvalue weighted by Gasteiger charge is -2.16. The molecule has 0 fully saturated rings. The molecule has 0 amide bonds. The predicted molar refractivity (Wildman–Crippen MR) is 68.8 cm³/mol. The molecule has 3 heteroatoms. The number of hydrogen-bond donors (Lipinski definition) is 1. The van der Waals surface area contributed by atoms with Gasteiger partial charge in [-0.15, -0.1) is 0 Å². The molecule has 0 aromatic heterocycles. The van der Waals surface area contributed by atoms with E-state index in [9.17, 15) is 4.79 Å². The van der Waals surface area contributed by atoms with Crippen LogP contribution in [0, 0.1) is 6.92 Å². The number of methoxy groups -OCH3 is 1. The Morgan fingerprint density at radius 2 is 2.12 bits per heavy atom. The van der Waals surface area contributed by atoms with Gasteiger partial charge in [0.05, 0.1) is 7.11 Å². The molecule has 0 unspecified atom stereocenters. The Bertz CT molecular complexity index is 363. The van der Waals surface area contributed by atoms with Crippen molar-refractivity contribution in [2.75, 3.05) is 13.7 Å². The van der Waals surface area contributed by atoms with Crippen LogP contribution in [-0.4, -0.2) is 19.6 Å². The highest BCUT2D eigenvalue weighted by Gasteiger charge is 2.07. The van der Waals surface area contributed by atoms with Crippen molar-refractivity contribution >= 4 is 5.97 Å². The maximum absolute atomic E-state index is 10.9. The zero-order valence-corrected chi connectivity index (χ0v) is 10.8. The van der Waals surface area contributed by atoms with Crippen molar-refractivity contribution < 1.29 is 9.53 Å². The van der Waals surface area contributed by atoms with Gasteiger partial charge in [0, 0.05) is 12.5 Å². The highest BCUT2D eigenvalue weighted by Crippen LogP contribution is 2.16. The first-order valence-electron chi connectivity index (χ1n) is 6.01. The molecule has 0 heterocycles. The number of aryl methyl sites for hydroxylation is 1. The minimum atomic E-state index is -0.143. The van der Waals surface area contributed by atoms with E-state index >= 15 is 0 Å². The lowest BCUT2D eigenvalue weighted by atomic mass is 10.0. The fraction of sp³-hybridized carbons (Fsp3) is 0.500. The number of benzene rings is 1. The van der Waals surface area contributed by atoms with Crippen molar-refractivity contribution in [3.63, 3.8) is 0 Å². The number of carbonyl (C=O) groups excluding carboxylic acids is 1. The summed E-state index contributed by atoms with van der Waals surface area (Å²) in [5.41, 5.74) is 2.60. The van der Waals surface area contributed by atoms with Crippen LogP contribution in [0.2, 0.25) is 0 Å². The maximum Gasteiger partial charge on any atom is 0.305 e. The molecule has 0 saturated carbocycles. The lowest BCUT2D eigenvalue weighted by molar-refractivity contribution is -0.140. The zero-order valence-electron chi connectivity index (χ0n) is 10.8. The van der Waals surface area contributed by atoms with Crippen LogP contribution < -0.4 is 5.32 Å². The smallest absolute Gasteiger partial charge is 0.305 e. The van der Waals surface area contributed by atoms with Gasteiger partial charge in [0.1, 0.15) is 0 Å². The number of hydrogen-bond acceptors (Lipinski definition) is 3. The second kappa shape index (κ2) is 7.07. The van der Waals surface area contributed by atoms with E-state index < -0.39 is 0 Å². The van der Waals surface area contributed by atoms with Gasteiger partial charge in [-0.1, -0.05) is 24.3 Å². The number of nitrogens with one attached hydrogen (secondary N) is 1. The summed E-state index contributed by atoms with van der Waals surface area (Å²) in [5, 5.41) is 3.41. The quantitative estimate of drug-likeness (QED) is 0.608. The van der Waals surface area contributed by atoms with Crippen LogP contribution in [0.25, 0.3) is 0 Å². The fourth-order valence-corrected chi connectivity index (χ4v) is 1.84.